The highest BCUT2D eigenvalue weighted by Crippen LogP contribution is 2.25. The largest absolute Gasteiger partial charge is 0.497 e. The summed E-state index contributed by atoms with van der Waals surface area (Å²) in [6, 6.07) is 5.74. The molecule has 1 heterocycles. The van der Waals surface area contributed by atoms with Crippen molar-refractivity contribution in [3.05, 3.63) is 47.3 Å². The number of ether oxygens (including phenoxy) is 1. The number of nitrogens with one attached hydrogen (secondary N) is 1. The molecule has 84 valence electrons. The normalized spacial score (nSPS) is 12.4. The van der Waals surface area contributed by atoms with E-state index in [0.29, 0.717) is 0 Å². The van der Waals surface area contributed by atoms with Gasteiger partial charge >= 0.3 is 0 Å². The molecule has 0 aliphatic carbocycles. The van der Waals surface area contributed by atoms with Crippen LogP contribution in [0.1, 0.15) is 22.7 Å². The predicted molar refractivity (Wildman–Crippen MR) is 62.3 cm³/mol. The number of benzene rings is 1. The lowest BCUT2D eigenvalue weighted by molar-refractivity contribution is 0.414. The van der Waals surface area contributed by atoms with Crippen LogP contribution >= 0.6 is 0 Å². The lowest BCUT2D eigenvalue weighted by Crippen LogP contribution is -2.12. The summed E-state index contributed by atoms with van der Waals surface area (Å²) in [4.78, 5) is 0. The highest BCUT2D eigenvalue weighted by molar-refractivity contribution is 5.39. The Bertz CT molecular complexity index is 465. The molecule has 2 aromatic rings. The zero-order valence-corrected chi connectivity index (χ0v) is 9.40. The number of rotatable bonds is 3. The zero-order chi connectivity index (χ0) is 11.5. The number of nitrogens with zero attached hydrogens (tertiary/aromatic N) is 1. The van der Waals surface area contributed by atoms with E-state index in [0.717, 1.165) is 22.4 Å². The second-order valence-electron chi connectivity index (χ2n) is 3.73. The Labute approximate surface area is 94.4 Å². The van der Waals surface area contributed by atoms with Gasteiger partial charge in [-0.25, -0.2) is 0 Å². The fraction of sp³-hybridized carbons (Fsp3) is 0.250. The summed E-state index contributed by atoms with van der Waals surface area (Å²) >= 11 is 0. The summed E-state index contributed by atoms with van der Waals surface area (Å²) < 4.78 is 5.16. The minimum atomic E-state index is -0.148. The van der Waals surface area contributed by atoms with Crippen molar-refractivity contribution in [3.8, 4) is 5.75 Å². The minimum absolute atomic E-state index is 0.148. The lowest BCUT2D eigenvalue weighted by Gasteiger charge is -2.14. The first-order valence-electron chi connectivity index (χ1n) is 5.11. The first-order valence-corrected chi connectivity index (χ1v) is 5.11. The molecule has 2 rings (SSSR count). The van der Waals surface area contributed by atoms with Gasteiger partial charge in [-0.1, -0.05) is 6.07 Å². The van der Waals surface area contributed by atoms with E-state index in [4.69, 9.17) is 10.5 Å². The Morgan fingerprint density at radius 3 is 2.81 bits per heavy atom. The van der Waals surface area contributed by atoms with Crippen LogP contribution in [-0.2, 0) is 0 Å². The number of hydrogen-bond acceptors (Lipinski definition) is 3. The molecular weight excluding hydrogens is 202 g/mol. The fourth-order valence-electron chi connectivity index (χ4n) is 1.73. The van der Waals surface area contributed by atoms with Crippen molar-refractivity contribution in [1.82, 2.24) is 10.2 Å². The average Bonchev–Trinajstić information content (AvgIpc) is 2.81. The van der Waals surface area contributed by atoms with Gasteiger partial charge in [0.25, 0.3) is 0 Å². The van der Waals surface area contributed by atoms with Gasteiger partial charge in [0.05, 0.1) is 19.3 Å². The minimum Gasteiger partial charge on any atom is -0.497 e. The lowest BCUT2D eigenvalue weighted by atomic mass is 9.98. The maximum absolute atomic E-state index is 6.15. The maximum Gasteiger partial charge on any atom is 0.119 e. The van der Waals surface area contributed by atoms with Gasteiger partial charge in [-0.3, -0.25) is 5.10 Å². The number of nitrogens with two attached hydrogens (primary N) is 1. The molecule has 0 aliphatic heterocycles. The van der Waals surface area contributed by atoms with Crippen LogP contribution in [0.2, 0.25) is 0 Å². The van der Waals surface area contributed by atoms with Gasteiger partial charge in [-0.15, -0.1) is 0 Å². The van der Waals surface area contributed by atoms with Gasteiger partial charge < -0.3 is 10.5 Å². The van der Waals surface area contributed by atoms with Crippen molar-refractivity contribution in [2.45, 2.75) is 13.0 Å². The molecule has 0 saturated carbocycles. The molecule has 16 heavy (non-hydrogen) atoms. The molecule has 1 aromatic heterocycles. The predicted octanol–water partition coefficient (Wildman–Crippen LogP) is 1.77. The van der Waals surface area contributed by atoms with Crippen molar-refractivity contribution in [2.24, 2.45) is 5.73 Å². The van der Waals surface area contributed by atoms with E-state index >= 15 is 0 Å². The molecule has 0 spiro atoms. The third kappa shape index (κ3) is 1.92. The number of methoxy groups -OCH3 is 1. The number of aromatic amines is 1. The summed E-state index contributed by atoms with van der Waals surface area (Å²) in [6.45, 7) is 2.03. The zero-order valence-electron chi connectivity index (χ0n) is 9.40. The molecular formula is C12H15N3O. The molecule has 4 nitrogen and oxygen atoms in total. The van der Waals surface area contributed by atoms with Gasteiger partial charge in [0.1, 0.15) is 5.75 Å². The van der Waals surface area contributed by atoms with Crippen molar-refractivity contribution in [1.29, 1.82) is 0 Å². The van der Waals surface area contributed by atoms with Crippen LogP contribution in [-0.4, -0.2) is 17.3 Å². The van der Waals surface area contributed by atoms with Crippen LogP contribution in [0.15, 0.2) is 30.6 Å². The summed E-state index contributed by atoms with van der Waals surface area (Å²) in [6.07, 6.45) is 3.56. The van der Waals surface area contributed by atoms with Crippen LogP contribution in [0.25, 0.3) is 0 Å². The summed E-state index contributed by atoms with van der Waals surface area (Å²) in [7, 11) is 1.66. The van der Waals surface area contributed by atoms with E-state index in [2.05, 4.69) is 10.2 Å². The van der Waals surface area contributed by atoms with Crippen LogP contribution < -0.4 is 10.5 Å². The first kappa shape index (κ1) is 10.7. The molecule has 0 bridgehead atoms. The summed E-state index contributed by atoms with van der Waals surface area (Å²) in [5.74, 6) is 0.848. The van der Waals surface area contributed by atoms with Gasteiger partial charge in [-0.2, -0.15) is 5.10 Å². The number of aromatic nitrogens is 2. The second-order valence-corrected chi connectivity index (χ2v) is 3.73. The Balaban J connectivity index is 2.34. The highest BCUT2D eigenvalue weighted by atomic mass is 16.5. The van der Waals surface area contributed by atoms with Crippen LogP contribution in [0.4, 0.5) is 0 Å². The van der Waals surface area contributed by atoms with E-state index in [9.17, 15) is 0 Å². The van der Waals surface area contributed by atoms with Crippen molar-refractivity contribution in [2.75, 3.05) is 7.11 Å². The molecule has 1 aromatic carbocycles. The fourth-order valence-corrected chi connectivity index (χ4v) is 1.73. The van der Waals surface area contributed by atoms with E-state index < -0.39 is 0 Å². The van der Waals surface area contributed by atoms with Gasteiger partial charge in [0.15, 0.2) is 0 Å². The second kappa shape index (κ2) is 4.37. The van der Waals surface area contributed by atoms with E-state index in [-0.39, 0.29) is 6.04 Å². The topological polar surface area (TPSA) is 63.9 Å². The molecule has 4 heteroatoms. The third-order valence-corrected chi connectivity index (χ3v) is 2.69. The van der Waals surface area contributed by atoms with Gasteiger partial charge in [0.2, 0.25) is 0 Å². The standard InChI is InChI=1S/C12H15N3O/c1-8-5-10(16-2)3-4-11(8)12(13)9-6-14-15-7-9/h3-7,12H,13H2,1-2H3,(H,14,15). The van der Waals surface area contributed by atoms with Crippen LogP contribution in [0.5, 0.6) is 5.75 Å². The quantitative estimate of drug-likeness (QED) is 0.823. The average molecular weight is 217 g/mol. The van der Waals surface area contributed by atoms with Crippen molar-refractivity contribution < 1.29 is 4.74 Å². The van der Waals surface area contributed by atoms with Crippen LogP contribution in [0, 0.1) is 6.92 Å². The molecule has 3 N–H and O–H groups in total. The Morgan fingerprint density at radius 1 is 1.44 bits per heavy atom. The smallest absolute Gasteiger partial charge is 0.119 e. The Kier molecular flexibility index (Phi) is 2.92. The number of hydrogen-bond donors (Lipinski definition) is 2. The van der Waals surface area contributed by atoms with Gasteiger partial charge in [-0.05, 0) is 30.2 Å². The SMILES string of the molecule is COc1ccc(C(N)c2cn[nH]c2)c(C)c1. The molecule has 0 aliphatic rings. The van der Waals surface area contributed by atoms with E-state index in [1.165, 1.54) is 0 Å². The first-order chi connectivity index (χ1) is 7.72. The maximum atomic E-state index is 6.15. The third-order valence-electron chi connectivity index (χ3n) is 2.69. The molecule has 0 amide bonds. The molecule has 0 saturated heterocycles. The molecule has 1 atom stereocenters. The molecule has 0 fully saturated rings. The Hall–Kier alpha value is -1.81. The summed E-state index contributed by atoms with van der Waals surface area (Å²) in [5, 5.41) is 6.67. The van der Waals surface area contributed by atoms with Crippen molar-refractivity contribution in [3.63, 3.8) is 0 Å². The Morgan fingerprint density at radius 2 is 2.25 bits per heavy atom. The summed E-state index contributed by atoms with van der Waals surface area (Å²) in [5.41, 5.74) is 9.34. The van der Waals surface area contributed by atoms with E-state index in [1.807, 2.05) is 31.3 Å². The molecule has 0 radical (unpaired) electrons. The van der Waals surface area contributed by atoms with Gasteiger partial charge in [0, 0.05) is 11.8 Å². The molecule has 1 unspecified atom stereocenters. The highest BCUT2D eigenvalue weighted by Gasteiger charge is 2.12. The van der Waals surface area contributed by atoms with Crippen LogP contribution in [0.3, 0.4) is 0 Å². The number of H-pyrrole nitrogens is 1. The van der Waals surface area contributed by atoms with E-state index in [1.54, 1.807) is 13.3 Å². The monoisotopic (exact) mass is 217 g/mol. The van der Waals surface area contributed by atoms with Crippen molar-refractivity contribution >= 4 is 0 Å². The number of aryl methyl sites for hydroxylation is 1.